The normalized spacial score (nSPS) is 20.2. The SMILES string of the molecule is O=C(N1CCCCC1)N1CCN(S(=O)(=O)c2ccc(F)cc2)CC1. The average Bonchev–Trinajstić information content (AvgIpc) is 2.62. The predicted molar refractivity (Wildman–Crippen MR) is 87.6 cm³/mol. The van der Waals surface area contributed by atoms with E-state index in [-0.39, 0.29) is 24.0 Å². The first-order chi connectivity index (χ1) is 11.5. The largest absolute Gasteiger partial charge is 0.325 e. The minimum Gasteiger partial charge on any atom is -0.325 e. The van der Waals surface area contributed by atoms with Crippen molar-refractivity contribution in [3.8, 4) is 0 Å². The van der Waals surface area contributed by atoms with Crippen LogP contribution >= 0.6 is 0 Å². The Labute approximate surface area is 141 Å². The first-order valence-electron chi connectivity index (χ1n) is 8.28. The Morgan fingerprint density at radius 3 is 1.96 bits per heavy atom. The third-order valence-corrected chi connectivity index (χ3v) is 6.50. The second-order valence-electron chi connectivity index (χ2n) is 6.18. The van der Waals surface area contributed by atoms with Gasteiger partial charge in [-0.15, -0.1) is 0 Å². The highest BCUT2D eigenvalue weighted by Crippen LogP contribution is 2.19. The van der Waals surface area contributed by atoms with Gasteiger partial charge in [0.2, 0.25) is 10.0 Å². The molecular weight excluding hydrogens is 333 g/mol. The van der Waals surface area contributed by atoms with Gasteiger partial charge in [0, 0.05) is 39.3 Å². The standard InChI is InChI=1S/C16H22FN3O3S/c17-14-4-6-15(7-5-14)24(22,23)20-12-10-19(11-13-20)16(21)18-8-2-1-3-9-18/h4-7H,1-3,8-13H2. The topological polar surface area (TPSA) is 60.9 Å². The molecular formula is C16H22FN3O3S. The van der Waals surface area contributed by atoms with Crippen molar-refractivity contribution in [3.63, 3.8) is 0 Å². The summed E-state index contributed by atoms with van der Waals surface area (Å²) in [7, 11) is -3.64. The number of halogens is 1. The summed E-state index contributed by atoms with van der Waals surface area (Å²) in [6, 6.07) is 4.84. The van der Waals surface area contributed by atoms with E-state index in [9.17, 15) is 17.6 Å². The molecule has 6 nitrogen and oxygen atoms in total. The molecule has 0 bridgehead atoms. The number of carbonyl (C=O) groups excluding carboxylic acids is 1. The molecule has 1 aromatic rings. The number of amides is 2. The highest BCUT2D eigenvalue weighted by molar-refractivity contribution is 7.89. The number of sulfonamides is 1. The summed E-state index contributed by atoms with van der Waals surface area (Å²) in [5.74, 6) is -0.467. The van der Waals surface area contributed by atoms with Crippen LogP contribution in [0.25, 0.3) is 0 Å². The molecule has 0 radical (unpaired) electrons. The number of piperidine rings is 1. The van der Waals surface area contributed by atoms with Crippen molar-refractivity contribution in [2.75, 3.05) is 39.3 Å². The van der Waals surface area contributed by atoms with E-state index in [4.69, 9.17) is 0 Å². The van der Waals surface area contributed by atoms with E-state index in [1.807, 2.05) is 4.90 Å². The highest BCUT2D eigenvalue weighted by Gasteiger charge is 2.31. The molecule has 1 aromatic carbocycles. The predicted octanol–water partition coefficient (Wildman–Crippen LogP) is 1.74. The van der Waals surface area contributed by atoms with Crippen molar-refractivity contribution in [2.45, 2.75) is 24.2 Å². The number of hydrogen-bond donors (Lipinski definition) is 0. The highest BCUT2D eigenvalue weighted by atomic mass is 32.2. The molecule has 2 aliphatic heterocycles. The van der Waals surface area contributed by atoms with Crippen LogP contribution in [-0.4, -0.2) is 67.8 Å². The van der Waals surface area contributed by atoms with Gasteiger partial charge in [-0.25, -0.2) is 17.6 Å². The van der Waals surface area contributed by atoms with Crippen molar-refractivity contribution in [1.82, 2.24) is 14.1 Å². The zero-order valence-corrected chi connectivity index (χ0v) is 14.3. The van der Waals surface area contributed by atoms with Crippen LogP contribution in [0.4, 0.5) is 9.18 Å². The minimum absolute atomic E-state index is 0.00790. The third kappa shape index (κ3) is 3.54. The van der Waals surface area contributed by atoms with Crippen LogP contribution in [0.2, 0.25) is 0 Å². The lowest BCUT2D eigenvalue weighted by molar-refractivity contribution is 0.126. The number of rotatable bonds is 2. The van der Waals surface area contributed by atoms with Crippen LogP contribution in [-0.2, 0) is 10.0 Å². The maximum absolute atomic E-state index is 13.0. The number of carbonyl (C=O) groups is 1. The van der Waals surface area contributed by atoms with Gasteiger partial charge in [0.1, 0.15) is 5.82 Å². The van der Waals surface area contributed by atoms with Crippen LogP contribution in [0, 0.1) is 5.82 Å². The Morgan fingerprint density at radius 2 is 1.38 bits per heavy atom. The Morgan fingerprint density at radius 1 is 0.833 bits per heavy atom. The van der Waals surface area contributed by atoms with Crippen LogP contribution < -0.4 is 0 Å². The van der Waals surface area contributed by atoms with Gasteiger partial charge in [0.05, 0.1) is 4.90 Å². The number of piperazine rings is 1. The van der Waals surface area contributed by atoms with E-state index < -0.39 is 15.8 Å². The van der Waals surface area contributed by atoms with E-state index in [0.29, 0.717) is 13.1 Å². The zero-order valence-electron chi connectivity index (χ0n) is 13.5. The molecule has 0 spiro atoms. The van der Waals surface area contributed by atoms with Gasteiger partial charge in [0.15, 0.2) is 0 Å². The number of nitrogens with zero attached hydrogens (tertiary/aromatic N) is 3. The van der Waals surface area contributed by atoms with Gasteiger partial charge in [-0.05, 0) is 43.5 Å². The first-order valence-corrected chi connectivity index (χ1v) is 9.72. The number of urea groups is 1. The van der Waals surface area contributed by atoms with Crippen molar-refractivity contribution in [3.05, 3.63) is 30.1 Å². The average molecular weight is 355 g/mol. The minimum atomic E-state index is -3.64. The molecule has 0 atom stereocenters. The fourth-order valence-corrected chi connectivity index (χ4v) is 4.58. The molecule has 0 N–H and O–H groups in total. The Hall–Kier alpha value is -1.67. The van der Waals surface area contributed by atoms with Crippen molar-refractivity contribution in [2.24, 2.45) is 0 Å². The quantitative estimate of drug-likeness (QED) is 0.812. The summed E-state index contributed by atoms with van der Waals surface area (Å²) < 4.78 is 39.5. The Bertz CT molecular complexity index is 679. The van der Waals surface area contributed by atoms with Crippen molar-refractivity contribution < 1.29 is 17.6 Å². The monoisotopic (exact) mass is 355 g/mol. The van der Waals surface area contributed by atoms with Crippen LogP contribution in [0.1, 0.15) is 19.3 Å². The first kappa shape index (κ1) is 17.2. The maximum atomic E-state index is 13.0. The number of likely N-dealkylation sites (tertiary alicyclic amines) is 1. The van der Waals surface area contributed by atoms with Gasteiger partial charge < -0.3 is 9.80 Å². The Balaban J connectivity index is 1.62. The summed E-state index contributed by atoms with van der Waals surface area (Å²) in [4.78, 5) is 16.1. The fourth-order valence-electron chi connectivity index (χ4n) is 3.16. The summed E-state index contributed by atoms with van der Waals surface area (Å²) >= 11 is 0. The second-order valence-corrected chi connectivity index (χ2v) is 8.11. The van der Waals surface area contributed by atoms with E-state index in [2.05, 4.69) is 0 Å². The number of hydrogen-bond acceptors (Lipinski definition) is 3. The molecule has 2 aliphatic rings. The molecule has 0 aromatic heterocycles. The molecule has 2 heterocycles. The zero-order chi connectivity index (χ0) is 17.2. The summed E-state index contributed by atoms with van der Waals surface area (Å²) in [6.45, 7) is 2.87. The smallest absolute Gasteiger partial charge is 0.320 e. The lowest BCUT2D eigenvalue weighted by Gasteiger charge is -2.38. The maximum Gasteiger partial charge on any atom is 0.320 e. The fraction of sp³-hybridized carbons (Fsp3) is 0.562. The molecule has 0 unspecified atom stereocenters. The summed E-state index contributed by atoms with van der Waals surface area (Å²) in [5.41, 5.74) is 0. The molecule has 2 saturated heterocycles. The van der Waals surface area contributed by atoms with Crippen LogP contribution in [0.5, 0.6) is 0 Å². The van der Waals surface area contributed by atoms with Crippen molar-refractivity contribution in [1.29, 1.82) is 0 Å². The van der Waals surface area contributed by atoms with Gasteiger partial charge in [-0.3, -0.25) is 0 Å². The molecule has 0 saturated carbocycles. The second kappa shape index (κ2) is 7.06. The lowest BCUT2D eigenvalue weighted by Crippen LogP contribution is -2.54. The van der Waals surface area contributed by atoms with E-state index in [0.717, 1.165) is 44.5 Å². The molecule has 0 aliphatic carbocycles. The molecule has 3 rings (SSSR count). The van der Waals surface area contributed by atoms with Gasteiger partial charge in [-0.1, -0.05) is 0 Å². The molecule has 2 amide bonds. The number of benzene rings is 1. The summed E-state index contributed by atoms with van der Waals surface area (Å²) in [5, 5.41) is 0. The summed E-state index contributed by atoms with van der Waals surface area (Å²) in [6.07, 6.45) is 3.22. The van der Waals surface area contributed by atoms with Crippen LogP contribution in [0.15, 0.2) is 29.2 Å². The van der Waals surface area contributed by atoms with Gasteiger partial charge in [0.25, 0.3) is 0 Å². The van der Waals surface area contributed by atoms with Crippen molar-refractivity contribution >= 4 is 16.1 Å². The van der Waals surface area contributed by atoms with Gasteiger partial charge >= 0.3 is 6.03 Å². The Kier molecular flexibility index (Phi) is 5.05. The van der Waals surface area contributed by atoms with Gasteiger partial charge in [-0.2, -0.15) is 4.31 Å². The van der Waals surface area contributed by atoms with E-state index >= 15 is 0 Å². The molecule has 2 fully saturated rings. The molecule has 24 heavy (non-hydrogen) atoms. The van der Waals surface area contributed by atoms with Crippen LogP contribution in [0.3, 0.4) is 0 Å². The third-order valence-electron chi connectivity index (χ3n) is 4.59. The van der Waals surface area contributed by atoms with E-state index in [1.54, 1.807) is 4.90 Å². The molecule has 132 valence electrons. The van der Waals surface area contributed by atoms with E-state index in [1.165, 1.54) is 16.4 Å². The lowest BCUT2D eigenvalue weighted by atomic mass is 10.1. The molecule has 8 heteroatoms.